The number of hydrogen-bond acceptors (Lipinski definition) is 3. The molecule has 0 radical (unpaired) electrons. The molecule has 8 heteroatoms. The summed E-state index contributed by atoms with van der Waals surface area (Å²) in [5.74, 6) is -0.0561. The number of benzene rings is 2. The highest BCUT2D eigenvalue weighted by Gasteiger charge is 2.35. The molecule has 2 aromatic carbocycles. The molecule has 0 spiro atoms. The van der Waals surface area contributed by atoms with Gasteiger partial charge in [0.2, 0.25) is 0 Å². The van der Waals surface area contributed by atoms with Crippen LogP contribution in [-0.4, -0.2) is 38.2 Å². The van der Waals surface area contributed by atoms with Crippen molar-refractivity contribution in [2.24, 2.45) is 0 Å². The summed E-state index contributed by atoms with van der Waals surface area (Å²) in [5.41, 5.74) is -0.0375. The first kappa shape index (κ1) is 19.9. The van der Waals surface area contributed by atoms with E-state index >= 15 is 0 Å². The fraction of sp³-hybridized carbons (Fsp3) is 0.368. The minimum atomic E-state index is -4.58. The zero-order valence-corrected chi connectivity index (χ0v) is 15.4. The maximum atomic E-state index is 14.0. The number of halogens is 5. The van der Waals surface area contributed by atoms with E-state index in [1.165, 1.54) is 31.4 Å². The van der Waals surface area contributed by atoms with E-state index < -0.39 is 23.6 Å². The van der Waals surface area contributed by atoms with E-state index in [0.717, 1.165) is 6.07 Å². The van der Waals surface area contributed by atoms with E-state index in [1.54, 1.807) is 6.07 Å². The molecule has 1 atom stereocenters. The molecule has 27 heavy (non-hydrogen) atoms. The number of nitrogens with zero attached hydrogens (tertiary/aromatic N) is 1. The van der Waals surface area contributed by atoms with Crippen LogP contribution in [0.3, 0.4) is 0 Å². The van der Waals surface area contributed by atoms with Gasteiger partial charge < -0.3 is 10.1 Å². The van der Waals surface area contributed by atoms with Gasteiger partial charge in [-0.1, -0.05) is 17.7 Å². The van der Waals surface area contributed by atoms with Gasteiger partial charge in [-0.2, -0.15) is 13.2 Å². The minimum absolute atomic E-state index is 0.364. The summed E-state index contributed by atoms with van der Waals surface area (Å²) >= 11 is 5.77. The van der Waals surface area contributed by atoms with Gasteiger partial charge >= 0.3 is 6.18 Å². The zero-order valence-electron chi connectivity index (χ0n) is 14.6. The van der Waals surface area contributed by atoms with Crippen molar-refractivity contribution < 1.29 is 22.3 Å². The highest BCUT2D eigenvalue weighted by molar-refractivity contribution is 6.31. The number of alkyl halides is 3. The summed E-state index contributed by atoms with van der Waals surface area (Å²) < 4.78 is 59.4. The molecule has 1 fully saturated rings. The molecule has 3 rings (SSSR count). The van der Waals surface area contributed by atoms with Gasteiger partial charge in [0.15, 0.2) is 0 Å². The molecule has 0 saturated carbocycles. The molecule has 0 aromatic heterocycles. The summed E-state index contributed by atoms with van der Waals surface area (Å²) in [4.78, 5) is 2.01. The number of piperazine rings is 1. The van der Waals surface area contributed by atoms with Crippen molar-refractivity contribution in [2.45, 2.75) is 12.2 Å². The molecular formula is C19H19ClF4N2O. The zero-order chi connectivity index (χ0) is 19.6. The molecule has 1 unspecified atom stereocenters. The molecule has 146 valence electrons. The van der Waals surface area contributed by atoms with E-state index in [4.69, 9.17) is 16.3 Å². The van der Waals surface area contributed by atoms with Crippen LogP contribution < -0.4 is 10.1 Å². The first-order valence-electron chi connectivity index (χ1n) is 8.46. The average molecular weight is 403 g/mol. The molecule has 0 aliphatic carbocycles. The minimum Gasteiger partial charge on any atom is -0.496 e. The van der Waals surface area contributed by atoms with Crippen molar-refractivity contribution >= 4 is 11.6 Å². The van der Waals surface area contributed by atoms with Gasteiger partial charge in [-0.25, -0.2) is 4.39 Å². The van der Waals surface area contributed by atoms with Crippen molar-refractivity contribution in [3.05, 3.63) is 63.9 Å². The van der Waals surface area contributed by atoms with Crippen LogP contribution in [0.1, 0.15) is 22.7 Å². The van der Waals surface area contributed by atoms with Gasteiger partial charge in [0.1, 0.15) is 11.6 Å². The van der Waals surface area contributed by atoms with Crippen LogP contribution in [0.15, 0.2) is 36.4 Å². The standard InChI is InChI=1S/C19H19ClF4N2O/c1-27-17-5-3-13(21)11-14(17)18(26-8-6-25-7-9-26)12-2-4-16(20)15(10-12)19(22,23)24/h2-5,10-11,18,25H,6-9H2,1H3. The van der Waals surface area contributed by atoms with Gasteiger partial charge in [0.05, 0.1) is 23.7 Å². The summed E-state index contributed by atoms with van der Waals surface area (Å²) in [6, 6.07) is 7.30. The lowest BCUT2D eigenvalue weighted by Gasteiger charge is -2.36. The van der Waals surface area contributed by atoms with E-state index in [1.807, 2.05) is 4.90 Å². The van der Waals surface area contributed by atoms with Crippen molar-refractivity contribution in [1.82, 2.24) is 10.2 Å². The lowest BCUT2D eigenvalue weighted by molar-refractivity contribution is -0.137. The lowest BCUT2D eigenvalue weighted by atomic mass is 9.94. The van der Waals surface area contributed by atoms with Crippen molar-refractivity contribution in [3.8, 4) is 5.75 Å². The topological polar surface area (TPSA) is 24.5 Å². The summed E-state index contributed by atoms with van der Waals surface area (Å²) in [6.07, 6.45) is -4.58. The van der Waals surface area contributed by atoms with Crippen LogP contribution in [0.5, 0.6) is 5.75 Å². The first-order valence-corrected chi connectivity index (χ1v) is 8.84. The Balaban J connectivity index is 2.15. The van der Waals surface area contributed by atoms with Gasteiger partial charge in [-0.05, 0) is 35.9 Å². The Morgan fingerprint density at radius 3 is 2.44 bits per heavy atom. The van der Waals surface area contributed by atoms with Crippen LogP contribution in [0.4, 0.5) is 17.6 Å². The molecule has 1 aliphatic heterocycles. The smallest absolute Gasteiger partial charge is 0.417 e. The van der Waals surface area contributed by atoms with Gasteiger partial charge in [0.25, 0.3) is 0 Å². The monoisotopic (exact) mass is 402 g/mol. The largest absolute Gasteiger partial charge is 0.496 e. The highest BCUT2D eigenvalue weighted by atomic mass is 35.5. The van der Waals surface area contributed by atoms with E-state index in [0.29, 0.717) is 43.1 Å². The number of rotatable bonds is 4. The molecule has 1 heterocycles. The maximum absolute atomic E-state index is 14.0. The Morgan fingerprint density at radius 2 is 1.81 bits per heavy atom. The second-order valence-corrected chi connectivity index (χ2v) is 6.72. The molecule has 2 aromatic rings. The van der Waals surface area contributed by atoms with E-state index in [2.05, 4.69) is 5.32 Å². The number of hydrogen-bond donors (Lipinski definition) is 1. The highest BCUT2D eigenvalue weighted by Crippen LogP contribution is 2.40. The normalized spacial score (nSPS) is 17.0. The predicted molar refractivity (Wildman–Crippen MR) is 95.7 cm³/mol. The SMILES string of the molecule is COc1ccc(F)cc1C(c1ccc(Cl)c(C(F)(F)F)c1)N1CCNCC1. The van der Waals surface area contributed by atoms with Crippen LogP contribution in [0.25, 0.3) is 0 Å². The molecule has 1 aliphatic rings. The maximum Gasteiger partial charge on any atom is 0.417 e. The quantitative estimate of drug-likeness (QED) is 0.762. The van der Waals surface area contributed by atoms with Crippen LogP contribution in [-0.2, 0) is 6.18 Å². The number of methoxy groups -OCH3 is 1. The molecule has 0 bridgehead atoms. The third kappa shape index (κ3) is 4.36. The summed E-state index contributed by atoms with van der Waals surface area (Å²) in [7, 11) is 1.45. The summed E-state index contributed by atoms with van der Waals surface area (Å²) in [6.45, 7) is 2.59. The van der Waals surface area contributed by atoms with E-state index in [-0.39, 0.29) is 5.02 Å². The second kappa shape index (κ2) is 8.04. The Kier molecular flexibility index (Phi) is 5.93. The van der Waals surface area contributed by atoms with Crippen LogP contribution in [0.2, 0.25) is 5.02 Å². The fourth-order valence-corrected chi connectivity index (χ4v) is 3.60. The van der Waals surface area contributed by atoms with Crippen LogP contribution >= 0.6 is 11.6 Å². The van der Waals surface area contributed by atoms with Crippen molar-refractivity contribution in [3.63, 3.8) is 0 Å². The van der Waals surface area contributed by atoms with Gasteiger partial charge in [-0.15, -0.1) is 0 Å². The lowest BCUT2D eigenvalue weighted by Crippen LogP contribution is -2.45. The van der Waals surface area contributed by atoms with Gasteiger partial charge in [0, 0.05) is 31.7 Å². The Hall–Kier alpha value is -1.83. The first-order chi connectivity index (χ1) is 12.8. The molecule has 1 saturated heterocycles. The Bertz CT molecular complexity index is 807. The van der Waals surface area contributed by atoms with Gasteiger partial charge in [-0.3, -0.25) is 4.90 Å². The number of ether oxygens (including phenoxy) is 1. The molecular weight excluding hydrogens is 384 g/mol. The fourth-order valence-electron chi connectivity index (χ4n) is 3.38. The molecule has 1 N–H and O–H groups in total. The van der Waals surface area contributed by atoms with Crippen molar-refractivity contribution in [1.29, 1.82) is 0 Å². The average Bonchev–Trinajstić information content (AvgIpc) is 2.63. The second-order valence-electron chi connectivity index (χ2n) is 6.31. The van der Waals surface area contributed by atoms with E-state index in [9.17, 15) is 17.6 Å². The van der Waals surface area contributed by atoms with Crippen molar-refractivity contribution in [2.75, 3.05) is 33.3 Å². The summed E-state index contributed by atoms with van der Waals surface area (Å²) in [5, 5.41) is 2.84. The predicted octanol–water partition coefficient (Wildman–Crippen LogP) is 4.50. The van der Waals surface area contributed by atoms with Crippen LogP contribution in [0, 0.1) is 5.82 Å². The Morgan fingerprint density at radius 1 is 1.11 bits per heavy atom. The Labute approximate surface area is 159 Å². The molecule has 3 nitrogen and oxygen atoms in total. The third-order valence-electron chi connectivity index (χ3n) is 4.61. The molecule has 0 amide bonds. The third-order valence-corrected chi connectivity index (χ3v) is 4.94. The number of nitrogens with one attached hydrogen (secondary N) is 1.